The number of sulfonamides is 1. The smallest absolute Gasteiger partial charge is 0.209 e. The Morgan fingerprint density at radius 3 is 2.16 bits per heavy atom. The molecule has 0 aromatic heterocycles. The third-order valence-electron chi connectivity index (χ3n) is 3.66. The summed E-state index contributed by atoms with van der Waals surface area (Å²) in [6.45, 7) is 3.65. The number of nitrogens with one attached hydrogen (secondary N) is 1. The van der Waals surface area contributed by atoms with Crippen LogP contribution in [0.4, 0.5) is 0 Å². The summed E-state index contributed by atoms with van der Waals surface area (Å²) >= 11 is 0. The molecule has 0 unspecified atom stereocenters. The molecule has 1 aromatic carbocycles. The molecule has 1 saturated carbocycles. The van der Waals surface area contributed by atoms with Gasteiger partial charge in [0, 0.05) is 6.04 Å². The van der Waals surface area contributed by atoms with E-state index in [0.717, 1.165) is 0 Å². The molecule has 0 aliphatic heterocycles. The zero-order valence-electron chi connectivity index (χ0n) is 11.7. The standard InChI is InChI=1S/C15H23NO2S/c1-12(2)16-19(17,18)15-10-8-14(9-11-15)13-6-4-3-5-7-13/h8-13,16H,3-7H2,1-2H3. The minimum absolute atomic E-state index is 0.0805. The van der Waals surface area contributed by atoms with Crippen molar-refractivity contribution in [2.45, 2.75) is 62.8 Å². The number of benzene rings is 1. The fourth-order valence-electron chi connectivity index (χ4n) is 2.73. The second-order valence-electron chi connectivity index (χ2n) is 5.68. The highest BCUT2D eigenvalue weighted by molar-refractivity contribution is 7.89. The van der Waals surface area contributed by atoms with Crippen LogP contribution in [0.5, 0.6) is 0 Å². The van der Waals surface area contributed by atoms with Gasteiger partial charge >= 0.3 is 0 Å². The molecule has 3 nitrogen and oxygen atoms in total. The first-order valence-electron chi connectivity index (χ1n) is 7.11. The summed E-state index contributed by atoms with van der Waals surface area (Å²) in [5, 5.41) is 0. The van der Waals surface area contributed by atoms with E-state index in [4.69, 9.17) is 0 Å². The van der Waals surface area contributed by atoms with E-state index < -0.39 is 10.0 Å². The van der Waals surface area contributed by atoms with E-state index in [2.05, 4.69) is 4.72 Å². The quantitative estimate of drug-likeness (QED) is 0.919. The van der Waals surface area contributed by atoms with E-state index in [1.54, 1.807) is 12.1 Å². The summed E-state index contributed by atoms with van der Waals surface area (Å²) in [5.74, 6) is 0.614. The van der Waals surface area contributed by atoms with Crippen LogP contribution in [0.3, 0.4) is 0 Å². The fourth-order valence-corrected chi connectivity index (χ4v) is 3.98. The van der Waals surface area contributed by atoms with Crippen molar-refractivity contribution in [3.8, 4) is 0 Å². The second kappa shape index (κ2) is 6.06. The lowest BCUT2D eigenvalue weighted by molar-refractivity contribution is 0.443. The van der Waals surface area contributed by atoms with Gasteiger partial charge in [0.1, 0.15) is 0 Å². The molecule has 0 bridgehead atoms. The highest BCUT2D eigenvalue weighted by atomic mass is 32.2. The third-order valence-corrected chi connectivity index (χ3v) is 5.33. The largest absolute Gasteiger partial charge is 0.240 e. The molecule has 1 aliphatic carbocycles. The van der Waals surface area contributed by atoms with E-state index in [1.165, 1.54) is 37.7 Å². The SMILES string of the molecule is CC(C)NS(=O)(=O)c1ccc(C2CCCCC2)cc1. The molecule has 0 radical (unpaired) electrons. The highest BCUT2D eigenvalue weighted by Gasteiger charge is 2.18. The van der Waals surface area contributed by atoms with Crippen LogP contribution < -0.4 is 4.72 Å². The van der Waals surface area contributed by atoms with Gasteiger partial charge in [-0.2, -0.15) is 0 Å². The Bertz CT molecular complexity index is 499. The molecule has 1 N–H and O–H groups in total. The van der Waals surface area contributed by atoms with Crippen LogP contribution >= 0.6 is 0 Å². The van der Waals surface area contributed by atoms with Gasteiger partial charge in [-0.25, -0.2) is 13.1 Å². The Kier molecular flexibility index (Phi) is 4.63. The summed E-state index contributed by atoms with van der Waals surface area (Å²) < 4.78 is 26.6. The van der Waals surface area contributed by atoms with Gasteiger partial charge in [0.15, 0.2) is 0 Å². The normalized spacial score (nSPS) is 17.8. The van der Waals surface area contributed by atoms with E-state index in [-0.39, 0.29) is 6.04 Å². The molecule has 0 saturated heterocycles. The molecule has 0 amide bonds. The molecule has 0 heterocycles. The number of hydrogen-bond acceptors (Lipinski definition) is 2. The van der Waals surface area contributed by atoms with Crippen LogP contribution in [0.1, 0.15) is 57.4 Å². The molecule has 0 spiro atoms. The van der Waals surface area contributed by atoms with Crippen molar-refractivity contribution < 1.29 is 8.42 Å². The van der Waals surface area contributed by atoms with Gasteiger partial charge in [0.2, 0.25) is 10.0 Å². The Hall–Kier alpha value is -0.870. The third kappa shape index (κ3) is 3.80. The predicted molar refractivity (Wildman–Crippen MR) is 77.7 cm³/mol. The zero-order valence-corrected chi connectivity index (χ0v) is 12.5. The average Bonchev–Trinajstić information content (AvgIpc) is 2.38. The Morgan fingerprint density at radius 2 is 1.63 bits per heavy atom. The van der Waals surface area contributed by atoms with Crippen LogP contribution in [0, 0.1) is 0 Å². The van der Waals surface area contributed by atoms with Crippen molar-refractivity contribution in [1.82, 2.24) is 4.72 Å². The Labute approximate surface area is 116 Å². The molecular formula is C15H23NO2S. The van der Waals surface area contributed by atoms with Gasteiger partial charge in [-0.1, -0.05) is 31.4 Å². The van der Waals surface area contributed by atoms with Gasteiger partial charge in [-0.05, 0) is 50.3 Å². The summed E-state index contributed by atoms with van der Waals surface area (Å²) in [6.07, 6.45) is 6.38. The van der Waals surface area contributed by atoms with Crippen molar-refractivity contribution in [3.05, 3.63) is 29.8 Å². The van der Waals surface area contributed by atoms with Crippen molar-refractivity contribution in [2.24, 2.45) is 0 Å². The molecule has 4 heteroatoms. The number of hydrogen-bond donors (Lipinski definition) is 1. The molecule has 1 aliphatic rings. The van der Waals surface area contributed by atoms with Gasteiger partial charge < -0.3 is 0 Å². The summed E-state index contributed by atoms with van der Waals surface area (Å²) in [4.78, 5) is 0.362. The lowest BCUT2D eigenvalue weighted by Gasteiger charge is -2.22. The second-order valence-corrected chi connectivity index (χ2v) is 7.39. The van der Waals surface area contributed by atoms with Crippen LogP contribution in [0.15, 0.2) is 29.2 Å². The van der Waals surface area contributed by atoms with Gasteiger partial charge in [-0.15, -0.1) is 0 Å². The fraction of sp³-hybridized carbons (Fsp3) is 0.600. The predicted octanol–water partition coefficient (Wildman–Crippen LogP) is 3.42. The maximum Gasteiger partial charge on any atom is 0.240 e. The summed E-state index contributed by atoms with van der Waals surface area (Å²) in [5.41, 5.74) is 1.28. The minimum Gasteiger partial charge on any atom is -0.209 e. The summed E-state index contributed by atoms with van der Waals surface area (Å²) in [6, 6.07) is 7.34. The Balaban J connectivity index is 2.13. The molecule has 0 atom stereocenters. The molecular weight excluding hydrogens is 258 g/mol. The maximum absolute atomic E-state index is 12.0. The lowest BCUT2D eigenvalue weighted by atomic mass is 9.84. The summed E-state index contributed by atoms with van der Waals surface area (Å²) in [7, 11) is -3.36. The Morgan fingerprint density at radius 1 is 1.05 bits per heavy atom. The monoisotopic (exact) mass is 281 g/mol. The van der Waals surface area contributed by atoms with Gasteiger partial charge in [0.25, 0.3) is 0 Å². The molecule has 2 rings (SSSR count). The van der Waals surface area contributed by atoms with Crippen LogP contribution in [-0.2, 0) is 10.0 Å². The average molecular weight is 281 g/mol. The van der Waals surface area contributed by atoms with Crippen LogP contribution in [0.25, 0.3) is 0 Å². The topological polar surface area (TPSA) is 46.2 Å². The van der Waals surface area contributed by atoms with Crippen molar-refractivity contribution in [3.63, 3.8) is 0 Å². The molecule has 1 fully saturated rings. The number of rotatable bonds is 4. The van der Waals surface area contributed by atoms with Crippen LogP contribution in [-0.4, -0.2) is 14.5 Å². The van der Waals surface area contributed by atoms with E-state index >= 15 is 0 Å². The first-order chi connectivity index (χ1) is 8.99. The molecule has 106 valence electrons. The first-order valence-corrected chi connectivity index (χ1v) is 8.59. The van der Waals surface area contributed by atoms with Gasteiger partial charge in [-0.3, -0.25) is 0 Å². The van der Waals surface area contributed by atoms with Crippen molar-refractivity contribution >= 4 is 10.0 Å². The minimum atomic E-state index is -3.36. The maximum atomic E-state index is 12.0. The zero-order chi connectivity index (χ0) is 13.9. The first kappa shape index (κ1) is 14.5. The highest BCUT2D eigenvalue weighted by Crippen LogP contribution is 2.32. The van der Waals surface area contributed by atoms with Crippen molar-refractivity contribution in [2.75, 3.05) is 0 Å². The molecule has 1 aromatic rings. The van der Waals surface area contributed by atoms with Crippen molar-refractivity contribution in [1.29, 1.82) is 0 Å². The van der Waals surface area contributed by atoms with E-state index in [1.807, 2.05) is 26.0 Å². The van der Waals surface area contributed by atoms with Gasteiger partial charge in [0.05, 0.1) is 4.90 Å². The van der Waals surface area contributed by atoms with E-state index in [0.29, 0.717) is 10.8 Å². The van der Waals surface area contributed by atoms with Crippen LogP contribution in [0.2, 0.25) is 0 Å². The van der Waals surface area contributed by atoms with E-state index in [9.17, 15) is 8.42 Å². The molecule has 19 heavy (non-hydrogen) atoms. The lowest BCUT2D eigenvalue weighted by Crippen LogP contribution is -2.30.